The molecule has 5 heteroatoms. The molecule has 0 unspecified atom stereocenters. The van der Waals surface area contributed by atoms with Gasteiger partial charge >= 0.3 is 0 Å². The van der Waals surface area contributed by atoms with Crippen molar-refractivity contribution in [1.29, 1.82) is 10.5 Å². The van der Waals surface area contributed by atoms with E-state index in [0.717, 1.165) is 16.7 Å². The lowest BCUT2D eigenvalue weighted by Gasteiger charge is -2.01. The summed E-state index contributed by atoms with van der Waals surface area (Å²) in [5, 5.41) is 18.9. The summed E-state index contributed by atoms with van der Waals surface area (Å²) >= 11 is 1.37. The molecule has 0 amide bonds. The lowest BCUT2D eigenvalue weighted by atomic mass is 10.1. The molecule has 4 nitrogen and oxygen atoms in total. The molecule has 1 heterocycles. The predicted molar refractivity (Wildman–Crippen MR) is 92.1 cm³/mol. The number of hydrogen-bond donors (Lipinski definition) is 0. The first kappa shape index (κ1) is 15.9. The van der Waals surface area contributed by atoms with Gasteiger partial charge in [-0.1, -0.05) is 47.7 Å². The Kier molecular flexibility index (Phi) is 4.65. The van der Waals surface area contributed by atoms with Gasteiger partial charge in [-0.25, -0.2) is 0 Å². The Bertz CT molecular complexity index is 946. The van der Waals surface area contributed by atoms with E-state index in [0.29, 0.717) is 22.3 Å². The highest BCUT2D eigenvalue weighted by molar-refractivity contribution is 7.98. The van der Waals surface area contributed by atoms with Crippen molar-refractivity contribution >= 4 is 11.8 Å². The number of nitrogens with zero attached hydrogens (tertiary/aromatic N) is 3. The maximum Gasteiger partial charge on any atom is 0.228 e. The Morgan fingerprint density at radius 1 is 1.04 bits per heavy atom. The second kappa shape index (κ2) is 7.04. The molecule has 0 saturated carbocycles. The molecule has 0 atom stereocenters. The summed E-state index contributed by atoms with van der Waals surface area (Å²) in [5.41, 5.74) is 3.78. The topological polar surface area (TPSA) is 73.6 Å². The van der Waals surface area contributed by atoms with E-state index in [2.05, 4.69) is 17.1 Å². The fraction of sp³-hybridized carbons (Fsp3) is 0.105. The lowest BCUT2D eigenvalue weighted by molar-refractivity contribution is 0.483. The van der Waals surface area contributed by atoms with Crippen LogP contribution in [0.3, 0.4) is 0 Å². The van der Waals surface area contributed by atoms with Crippen molar-refractivity contribution < 1.29 is 4.42 Å². The molecule has 24 heavy (non-hydrogen) atoms. The largest absolute Gasteiger partial charge is 0.428 e. The van der Waals surface area contributed by atoms with Crippen LogP contribution in [0.4, 0.5) is 0 Å². The molecule has 0 saturated heterocycles. The fourth-order valence-corrected chi connectivity index (χ4v) is 3.10. The first-order valence-electron chi connectivity index (χ1n) is 7.30. The van der Waals surface area contributed by atoms with E-state index in [-0.39, 0.29) is 5.69 Å². The summed E-state index contributed by atoms with van der Waals surface area (Å²) in [6, 6.07) is 19.4. The van der Waals surface area contributed by atoms with E-state index in [1.54, 1.807) is 6.07 Å². The number of nitriles is 2. The highest BCUT2D eigenvalue weighted by Gasteiger charge is 2.15. The zero-order valence-electron chi connectivity index (χ0n) is 13.0. The first-order chi connectivity index (χ1) is 11.7. The normalized spacial score (nSPS) is 10.1. The average Bonchev–Trinajstić information content (AvgIpc) is 3.04. The van der Waals surface area contributed by atoms with Crippen LogP contribution < -0.4 is 0 Å². The second-order valence-corrected chi connectivity index (χ2v) is 6.14. The van der Waals surface area contributed by atoms with Crippen molar-refractivity contribution in [3.63, 3.8) is 0 Å². The van der Waals surface area contributed by atoms with Crippen LogP contribution in [0.2, 0.25) is 0 Å². The van der Waals surface area contributed by atoms with Gasteiger partial charge in [0, 0.05) is 11.3 Å². The van der Waals surface area contributed by atoms with Gasteiger partial charge in [0.2, 0.25) is 5.89 Å². The lowest BCUT2D eigenvalue weighted by Crippen LogP contribution is -1.86. The van der Waals surface area contributed by atoms with Crippen molar-refractivity contribution in [2.75, 3.05) is 0 Å². The van der Waals surface area contributed by atoms with Crippen molar-refractivity contribution in [2.24, 2.45) is 0 Å². The molecular formula is C19H13N3OS. The van der Waals surface area contributed by atoms with Gasteiger partial charge in [-0.05, 0) is 30.7 Å². The quantitative estimate of drug-likeness (QED) is 0.649. The number of aryl methyl sites for hydroxylation is 1. The number of aromatic nitrogens is 1. The van der Waals surface area contributed by atoms with Crippen molar-refractivity contribution in [3.05, 3.63) is 70.9 Å². The molecule has 3 rings (SSSR count). The third kappa shape index (κ3) is 3.32. The minimum Gasteiger partial charge on any atom is -0.428 e. The summed E-state index contributed by atoms with van der Waals surface area (Å²) in [6.07, 6.45) is 0. The third-order valence-electron chi connectivity index (χ3n) is 3.50. The van der Waals surface area contributed by atoms with Crippen LogP contribution in [0.5, 0.6) is 0 Å². The van der Waals surface area contributed by atoms with E-state index in [1.165, 1.54) is 11.8 Å². The molecule has 0 aliphatic heterocycles. The second-order valence-electron chi connectivity index (χ2n) is 5.19. The van der Waals surface area contributed by atoms with Gasteiger partial charge in [0.15, 0.2) is 10.8 Å². The number of rotatable bonds is 4. The van der Waals surface area contributed by atoms with Crippen molar-refractivity contribution in [1.82, 2.24) is 4.98 Å². The van der Waals surface area contributed by atoms with E-state index in [9.17, 15) is 5.26 Å². The molecule has 1 aromatic heterocycles. The van der Waals surface area contributed by atoms with Crippen LogP contribution in [-0.4, -0.2) is 4.98 Å². The summed E-state index contributed by atoms with van der Waals surface area (Å²) in [4.78, 5) is 4.27. The monoisotopic (exact) mass is 331 g/mol. The van der Waals surface area contributed by atoms with Crippen LogP contribution in [-0.2, 0) is 5.75 Å². The highest BCUT2D eigenvalue weighted by atomic mass is 32.2. The standard InChI is InChI=1S/C19H13N3OS/c1-13-6-8-14(9-7-13)18-22-17(11-21)19(23-18)24-12-16-5-3-2-4-15(16)10-20/h2-9H,12H2,1H3. The summed E-state index contributed by atoms with van der Waals surface area (Å²) in [6.45, 7) is 2.01. The molecule has 0 bridgehead atoms. The summed E-state index contributed by atoms with van der Waals surface area (Å²) < 4.78 is 5.77. The Morgan fingerprint density at radius 2 is 1.79 bits per heavy atom. The van der Waals surface area contributed by atoms with Gasteiger partial charge in [0.25, 0.3) is 0 Å². The average molecular weight is 331 g/mol. The Balaban J connectivity index is 1.85. The van der Waals surface area contributed by atoms with Crippen LogP contribution in [0.1, 0.15) is 22.4 Å². The van der Waals surface area contributed by atoms with Crippen molar-refractivity contribution in [3.8, 4) is 23.6 Å². The fourth-order valence-electron chi connectivity index (χ4n) is 2.19. The van der Waals surface area contributed by atoms with Gasteiger partial charge in [0.1, 0.15) is 6.07 Å². The molecule has 0 fully saturated rings. The number of thioether (sulfide) groups is 1. The van der Waals surface area contributed by atoms with Gasteiger partial charge in [-0.3, -0.25) is 0 Å². The number of hydrogen-bond acceptors (Lipinski definition) is 5. The zero-order valence-corrected chi connectivity index (χ0v) is 13.8. The summed E-state index contributed by atoms with van der Waals surface area (Å²) in [7, 11) is 0. The molecule has 2 aromatic carbocycles. The van der Waals surface area contributed by atoms with Gasteiger partial charge < -0.3 is 4.42 Å². The van der Waals surface area contributed by atoms with E-state index >= 15 is 0 Å². The first-order valence-corrected chi connectivity index (χ1v) is 8.28. The van der Waals surface area contributed by atoms with Gasteiger partial charge in [0.05, 0.1) is 11.6 Å². The van der Waals surface area contributed by atoms with Crippen LogP contribution in [0, 0.1) is 29.6 Å². The van der Waals surface area contributed by atoms with E-state index in [1.807, 2.05) is 49.4 Å². The molecule has 116 valence electrons. The van der Waals surface area contributed by atoms with Gasteiger partial charge in [-0.15, -0.1) is 0 Å². The third-order valence-corrected chi connectivity index (χ3v) is 4.49. The number of benzene rings is 2. The smallest absolute Gasteiger partial charge is 0.228 e. The molecule has 0 spiro atoms. The van der Waals surface area contributed by atoms with Crippen LogP contribution in [0.25, 0.3) is 11.5 Å². The zero-order chi connectivity index (χ0) is 16.9. The van der Waals surface area contributed by atoms with Crippen molar-refractivity contribution in [2.45, 2.75) is 17.8 Å². The highest BCUT2D eigenvalue weighted by Crippen LogP contribution is 2.31. The molecule has 3 aromatic rings. The van der Waals surface area contributed by atoms with E-state index in [4.69, 9.17) is 9.68 Å². The molecule has 0 aliphatic carbocycles. The molecular weight excluding hydrogens is 318 g/mol. The molecule has 0 aliphatic rings. The van der Waals surface area contributed by atoms with Gasteiger partial charge in [-0.2, -0.15) is 15.5 Å². The number of oxazole rings is 1. The minimum absolute atomic E-state index is 0.269. The van der Waals surface area contributed by atoms with Crippen LogP contribution in [0.15, 0.2) is 58.0 Å². The molecule has 0 radical (unpaired) electrons. The SMILES string of the molecule is Cc1ccc(-c2nc(C#N)c(SCc3ccccc3C#N)o2)cc1. The Hall–Kier alpha value is -3.02. The van der Waals surface area contributed by atoms with E-state index < -0.39 is 0 Å². The maximum atomic E-state index is 9.28. The predicted octanol–water partition coefficient (Wildman–Crippen LogP) is 4.69. The Labute approximate surface area is 144 Å². The maximum absolute atomic E-state index is 9.28. The summed E-state index contributed by atoms with van der Waals surface area (Å²) in [5.74, 6) is 0.976. The molecule has 0 N–H and O–H groups in total. The Morgan fingerprint density at radius 3 is 2.50 bits per heavy atom. The minimum atomic E-state index is 0.269. The van der Waals surface area contributed by atoms with Crippen LogP contribution >= 0.6 is 11.8 Å².